The zero-order valence-electron chi connectivity index (χ0n) is 14.7. The lowest BCUT2D eigenvalue weighted by molar-refractivity contribution is -0.118. The van der Waals surface area contributed by atoms with Gasteiger partial charge in [-0.2, -0.15) is 0 Å². The SMILES string of the molecule is CC1(C)CC(=O)C(CN2CCCCC2)=C(NN2CCOCC2)C1. The maximum absolute atomic E-state index is 12.8. The molecular formula is C18H31N3O2. The van der Waals surface area contributed by atoms with Crippen LogP contribution in [0.1, 0.15) is 46.0 Å². The number of allylic oxidation sites excluding steroid dienone is 1. The van der Waals surface area contributed by atoms with Crippen LogP contribution in [-0.4, -0.2) is 61.6 Å². The summed E-state index contributed by atoms with van der Waals surface area (Å²) in [6.45, 7) is 10.8. The third-order valence-corrected chi connectivity index (χ3v) is 5.13. The van der Waals surface area contributed by atoms with Gasteiger partial charge in [0.25, 0.3) is 0 Å². The van der Waals surface area contributed by atoms with E-state index in [1.165, 1.54) is 19.3 Å². The van der Waals surface area contributed by atoms with Gasteiger partial charge >= 0.3 is 0 Å². The largest absolute Gasteiger partial charge is 0.379 e. The Hall–Kier alpha value is -0.910. The summed E-state index contributed by atoms with van der Waals surface area (Å²) in [6, 6.07) is 0. The van der Waals surface area contributed by atoms with Crippen LogP contribution in [0.25, 0.3) is 0 Å². The minimum atomic E-state index is 0.0527. The standard InChI is InChI=1S/C18H31N3O2/c1-18(2)12-16(19-21-8-10-23-11-9-21)15(17(22)13-18)14-20-6-4-3-5-7-20/h19H,3-14H2,1-2H3. The first-order chi connectivity index (χ1) is 11.0. The van der Waals surface area contributed by atoms with Gasteiger partial charge in [0, 0.05) is 37.3 Å². The first kappa shape index (κ1) is 16.9. The maximum Gasteiger partial charge on any atom is 0.162 e. The molecule has 23 heavy (non-hydrogen) atoms. The lowest BCUT2D eigenvalue weighted by Crippen LogP contribution is -2.48. The van der Waals surface area contributed by atoms with Crippen molar-refractivity contribution in [3.8, 4) is 0 Å². The highest BCUT2D eigenvalue weighted by Crippen LogP contribution is 2.36. The van der Waals surface area contributed by atoms with Crippen molar-refractivity contribution < 1.29 is 9.53 Å². The molecule has 0 spiro atoms. The Morgan fingerprint density at radius 2 is 1.74 bits per heavy atom. The first-order valence-electron chi connectivity index (χ1n) is 9.10. The predicted octanol–water partition coefficient (Wildman–Crippen LogP) is 1.95. The molecule has 2 fully saturated rings. The van der Waals surface area contributed by atoms with E-state index < -0.39 is 0 Å². The summed E-state index contributed by atoms with van der Waals surface area (Å²) in [6.07, 6.45) is 5.48. The second-order valence-corrected chi connectivity index (χ2v) is 7.95. The third-order valence-electron chi connectivity index (χ3n) is 5.13. The van der Waals surface area contributed by atoms with Crippen LogP contribution >= 0.6 is 0 Å². The van der Waals surface area contributed by atoms with Crippen LogP contribution in [0.2, 0.25) is 0 Å². The number of ether oxygens (including phenoxy) is 1. The number of carbonyl (C=O) groups excluding carboxylic acids is 1. The van der Waals surface area contributed by atoms with Crippen LogP contribution in [0.3, 0.4) is 0 Å². The molecule has 5 nitrogen and oxygen atoms in total. The molecule has 0 aromatic rings. The Kier molecular flexibility index (Phi) is 5.39. The highest BCUT2D eigenvalue weighted by Gasteiger charge is 2.34. The fraction of sp³-hybridized carbons (Fsp3) is 0.833. The van der Waals surface area contributed by atoms with E-state index in [0.717, 1.165) is 63.6 Å². The van der Waals surface area contributed by atoms with Gasteiger partial charge in [-0.15, -0.1) is 0 Å². The summed E-state index contributed by atoms with van der Waals surface area (Å²) in [4.78, 5) is 15.2. The summed E-state index contributed by atoms with van der Waals surface area (Å²) < 4.78 is 5.43. The molecule has 1 N–H and O–H groups in total. The van der Waals surface area contributed by atoms with E-state index in [1.807, 2.05) is 0 Å². The van der Waals surface area contributed by atoms with Crippen molar-refractivity contribution in [1.82, 2.24) is 15.3 Å². The lowest BCUT2D eigenvalue weighted by atomic mass is 9.75. The van der Waals surface area contributed by atoms with Gasteiger partial charge < -0.3 is 10.2 Å². The molecule has 2 heterocycles. The van der Waals surface area contributed by atoms with Crippen LogP contribution in [0, 0.1) is 5.41 Å². The van der Waals surface area contributed by atoms with Gasteiger partial charge in [0.05, 0.1) is 13.2 Å². The number of rotatable bonds is 4. The summed E-state index contributed by atoms with van der Waals surface area (Å²) in [7, 11) is 0. The number of carbonyl (C=O) groups is 1. The molecule has 2 saturated heterocycles. The van der Waals surface area contributed by atoms with Crippen LogP contribution in [-0.2, 0) is 9.53 Å². The minimum Gasteiger partial charge on any atom is -0.379 e. The zero-order chi connectivity index (χ0) is 16.3. The molecule has 0 aromatic heterocycles. The summed E-state index contributed by atoms with van der Waals surface area (Å²) in [5, 5.41) is 2.21. The molecule has 130 valence electrons. The average Bonchev–Trinajstić information content (AvgIpc) is 2.52. The Labute approximate surface area is 140 Å². The number of Topliss-reactive ketones (excluding diaryl/α,β-unsaturated/α-hetero) is 1. The van der Waals surface area contributed by atoms with Gasteiger partial charge in [0.15, 0.2) is 5.78 Å². The zero-order valence-corrected chi connectivity index (χ0v) is 14.7. The highest BCUT2D eigenvalue weighted by atomic mass is 16.5. The summed E-state index contributed by atoms with van der Waals surface area (Å²) >= 11 is 0. The van der Waals surface area contributed by atoms with Gasteiger partial charge in [0.1, 0.15) is 0 Å². The first-order valence-corrected chi connectivity index (χ1v) is 9.10. The molecule has 0 aromatic carbocycles. The molecule has 0 atom stereocenters. The molecule has 0 amide bonds. The van der Waals surface area contributed by atoms with Crippen LogP contribution in [0.15, 0.2) is 11.3 Å². The second kappa shape index (κ2) is 7.32. The number of likely N-dealkylation sites (tertiary alicyclic amines) is 1. The van der Waals surface area contributed by atoms with E-state index in [2.05, 4.69) is 29.2 Å². The van der Waals surface area contributed by atoms with Gasteiger partial charge in [-0.05, 0) is 37.8 Å². The van der Waals surface area contributed by atoms with Crippen molar-refractivity contribution >= 4 is 5.78 Å². The Balaban J connectivity index is 1.75. The Bertz CT molecular complexity index is 461. The number of morpholine rings is 1. The predicted molar refractivity (Wildman–Crippen MR) is 90.9 cm³/mol. The topological polar surface area (TPSA) is 44.8 Å². The van der Waals surface area contributed by atoms with Gasteiger partial charge in [-0.25, -0.2) is 5.01 Å². The molecule has 3 rings (SSSR count). The number of nitrogens with one attached hydrogen (secondary N) is 1. The molecule has 0 bridgehead atoms. The summed E-state index contributed by atoms with van der Waals surface area (Å²) in [5.41, 5.74) is 5.80. The van der Waals surface area contributed by atoms with Crippen molar-refractivity contribution in [2.45, 2.75) is 46.0 Å². The van der Waals surface area contributed by atoms with E-state index in [9.17, 15) is 4.79 Å². The second-order valence-electron chi connectivity index (χ2n) is 7.95. The number of hydrogen-bond acceptors (Lipinski definition) is 5. The van der Waals surface area contributed by atoms with Crippen molar-refractivity contribution in [2.24, 2.45) is 5.41 Å². The smallest absolute Gasteiger partial charge is 0.162 e. The van der Waals surface area contributed by atoms with Gasteiger partial charge in [-0.3, -0.25) is 9.69 Å². The summed E-state index contributed by atoms with van der Waals surface area (Å²) in [5.74, 6) is 0.336. The molecule has 0 saturated carbocycles. The molecule has 5 heteroatoms. The van der Waals surface area contributed by atoms with Crippen molar-refractivity contribution in [3.63, 3.8) is 0 Å². The van der Waals surface area contributed by atoms with Crippen molar-refractivity contribution in [1.29, 1.82) is 0 Å². The molecule has 3 aliphatic rings. The molecule has 1 aliphatic carbocycles. The van der Waals surface area contributed by atoms with Crippen molar-refractivity contribution in [2.75, 3.05) is 45.9 Å². The van der Waals surface area contributed by atoms with Crippen LogP contribution in [0.4, 0.5) is 0 Å². The highest BCUT2D eigenvalue weighted by molar-refractivity contribution is 5.97. The molecule has 0 unspecified atom stereocenters. The molecule has 2 aliphatic heterocycles. The number of piperidine rings is 1. The van der Waals surface area contributed by atoms with Crippen molar-refractivity contribution in [3.05, 3.63) is 11.3 Å². The number of hydrazine groups is 1. The monoisotopic (exact) mass is 321 g/mol. The molecular weight excluding hydrogens is 290 g/mol. The third kappa shape index (κ3) is 4.55. The van der Waals surface area contributed by atoms with E-state index in [4.69, 9.17) is 4.74 Å². The fourth-order valence-corrected chi connectivity index (χ4v) is 3.86. The number of nitrogens with zero attached hydrogens (tertiary/aromatic N) is 2. The van der Waals surface area contributed by atoms with E-state index in [1.54, 1.807) is 0 Å². The van der Waals surface area contributed by atoms with Gasteiger partial charge in [-0.1, -0.05) is 20.3 Å². The normalized spacial score (nSPS) is 27.3. The van der Waals surface area contributed by atoms with Crippen LogP contribution in [0.5, 0.6) is 0 Å². The molecule has 0 radical (unpaired) electrons. The average molecular weight is 321 g/mol. The Morgan fingerprint density at radius 1 is 1.04 bits per heavy atom. The van der Waals surface area contributed by atoms with Crippen LogP contribution < -0.4 is 5.43 Å². The van der Waals surface area contributed by atoms with Gasteiger partial charge in [0.2, 0.25) is 0 Å². The Morgan fingerprint density at radius 3 is 2.43 bits per heavy atom. The quantitative estimate of drug-likeness (QED) is 0.857. The van der Waals surface area contributed by atoms with E-state index >= 15 is 0 Å². The number of hydrogen-bond donors (Lipinski definition) is 1. The fourth-order valence-electron chi connectivity index (χ4n) is 3.86. The maximum atomic E-state index is 12.8. The number of ketones is 1. The van der Waals surface area contributed by atoms with E-state index in [0.29, 0.717) is 12.2 Å². The minimum absolute atomic E-state index is 0.0527. The lowest BCUT2D eigenvalue weighted by Gasteiger charge is -2.38. The van der Waals surface area contributed by atoms with E-state index in [-0.39, 0.29) is 5.41 Å².